The Morgan fingerprint density at radius 2 is 1.75 bits per heavy atom. The van der Waals surface area contributed by atoms with E-state index in [-0.39, 0.29) is 24.8 Å². The van der Waals surface area contributed by atoms with Gasteiger partial charge in [0.25, 0.3) is 0 Å². The molecule has 1 atom stereocenters. The minimum absolute atomic E-state index is 0.0707. The molecule has 146 valence electrons. The van der Waals surface area contributed by atoms with Gasteiger partial charge in [0.05, 0.1) is 18.2 Å². The van der Waals surface area contributed by atoms with Crippen LogP contribution in [0.25, 0.3) is 0 Å². The Morgan fingerprint density at radius 3 is 2.32 bits per heavy atom. The van der Waals surface area contributed by atoms with Gasteiger partial charge in [-0.3, -0.25) is 9.59 Å². The molecule has 7 heteroatoms. The van der Waals surface area contributed by atoms with E-state index in [1.165, 1.54) is 5.01 Å². The third-order valence-electron chi connectivity index (χ3n) is 4.69. The monoisotopic (exact) mass is 443 g/mol. The van der Waals surface area contributed by atoms with Gasteiger partial charge in [0, 0.05) is 37.1 Å². The number of halogens is 1. The quantitative estimate of drug-likeness (QED) is 0.730. The smallest absolute Gasteiger partial charge is 0.303 e. The number of aliphatic carboxylic acids is 1. The highest BCUT2D eigenvalue weighted by atomic mass is 79.9. The molecule has 0 aliphatic carbocycles. The maximum Gasteiger partial charge on any atom is 0.303 e. The maximum atomic E-state index is 12.7. The molecule has 0 bridgehead atoms. The lowest BCUT2D eigenvalue weighted by Gasteiger charge is -2.22. The number of hydrogen-bond donors (Lipinski definition) is 1. The van der Waals surface area contributed by atoms with Crippen LogP contribution in [0.4, 0.5) is 5.69 Å². The first-order chi connectivity index (χ1) is 13.3. The SMILES string of the molecule is CN(C)c1ccc(C2CC(c3ccc(Br)cc3)=NN2C(=O)CCC(=O)O)cc1. The molecular weight excluding hydrogens is 422 g/mol. The Morgan fingerprint density at radius 1 is 1.11 bits per heavy atom. The van der Waals surface area contributed by atoms with E-state index in [1.54, 1.807) is 0 Å². The number of rotatable bonds is 6. The summed E-state index contributed by atoms with van der Waals surface area (Å²) in [6.45, 7) is 0. The molecule has 1 N–H and O–H groups in total. The van der Waals surface area contributed by atoms with Gasteiger partial charge < -0.3 is 10.0 Å². The number of benzene rings is 2. The molecule has 0 radical (unpaired) electrons. The number of carbonyl (C=O) groups is 2. The summed E-state index contributed by atoms with van der Waals surface area (Å²) in [6, 6.07) is 15.6. The van der Waals surface area contributed by atoms with E-state index in [1.807, 2.05) is 67.5 Å². The lowest BCUT2D eigenvalue weighted by molar-refractivity contribution is -0.141. The summed E-state index contributed by atoms with van der Waals surface area (Å²) in [7, 11) is 3.95. The number of carboxylic acids is 1. The largest absolute Gasteiger partial charge is 0.481 e. The summed E-state index contributed by atoms with van der Waals surface area (Å²) in [5.41, 5.74) is 3.81. The first-order valence-corrected chi connectivity index (χ1v) is 9.79. The van der Waals surface area contributed by atoms with E-state index in [9.17, 15) is 9.59 Å². The molecule has 1 aliphatic rings. The number of amides is 1. The molecule has 1 heterocycles. The van der Waals surface area contributed by atoms with Crippen LogP contribution in [0, 0.1) is 0 Å². The van der Waals surface area contributed by atoms with Crippen LogP contribution in [0.1, 0.15) is 36.4 Å². The van der Waals surface area contributed by atoms with E-state index in [0.29, 0.717) is 6.42 Å². The van der Waals surface area contributed by atoms with E-state index < -0.39 is 5.97 Å². The van der Waals surface area contributed by atoms with Crippen molar-refractivity contribution in [1.82, 2.24) is 5.01 Å². The van der Waals surface area contributed by atoms with E-state index in [2.05, 4.69) is 21.0 Å². The van der Waals surface area contributed by atoms with Crippen molar-refractivity contribution in [3.8, 4) is 0 Å². The lowest BCUT2D eigenvalue weighted by atomic mass is 9.98. The van der Waals surface area contributed by atoms with Crippen molar-refractivity contribution >= 4 is 39.2 Å². The van der Waals surface area contributed by atoms with E-state index >= 15 is 0 Å². The van der Waals surface area contributed by atoms with Crippen molar-refractivity contribution in [3.05, 3.63) is 64.1 Å². The van der Waals surface area contributed by atoms with Crippen molar-refractivity contribution in [2.24, 2.45) is 5.10 Å². The zero-order chi connectivity index (χ0) is 20.3. The fourth-order valence-electron chi connectivity index (χ4n) is 3.14. The summed E-state index contributed by atoms with van der Waals surface area (Å²) in [6.07, 6.45) is 0.311. The first-order valence-electron chi connectivity index (χ1n) is 8.99. The van der Waals surface area contributed by atoms with Crippen LogP contribution in [0.2, 0.25) is 0 Å². The van der Waals surface area contributed by atoms with Gasteiger partial charge in [-0.05, 0) is 35.4 Å². The van der Waals surface area contributed by atoms with E-state index in [4.69, 9.17) is 5.11 Å². The second kappa shape index (κ2) is 8.56. The Kier molecular flexibility index (Phi) is 6.14. The van der Waals surface area contributed by atoms with Gasteiger partial charge in [0.1, 0.15) is 0 Å². The standard InChI is InChI=1S/C21H22BrN3O3/c1-24(2)17-9-5-15(6-10-17)19-13-18(14-3-7-16(22)8-4-14)23-25(19)20(26)11-12-21(27)28/h3-10,19H,11-13H2,1-2H3,(H,27,28). The summed E-state index contributed by atoms with van der Waals surface area (Å²) in [5, 5.41) is 14.9. The average molecular weight is 444 g/mol. The molecule has 1 aliphatic heterocycles. The zero-order valence-corrected chi connectivity index (χ0v) is 17.4. The Balaban J connectivity index is 1.89. The predicted octanol–water partition coefficient (Wildman–Crippen LogP) is 4.06. The topological polar surface area (TPSA) is 73.2 Å². The minimum atomic E-state index is -0.989. The van der Waals surface area contributed by atoms with Gasteiger partial charge in [-0.1, -0.05) is 40.2 Å². The number of hydrogen-bond acceptors (Lipinski definition) is 4. The molecule has 28 heavy (non-hydrogen) atoms. The van der Waals surface area contributed by atoms with Crippen LogP contribution in [-0.4, -0.2) is 41.8 Å². The highest BCUT2D eigenvalue weighted by Crippen LogP contribution is 2.34. The third kappa shape index (κ3) is 4.59. The van der Waals surface area contributed by atoms with Crippen molar-refractivity contribution < 1.29 is 14.7 Å². The lowest BCUT2D eigenvalue weighted by Crippen LogP contribution is -2.27. The van der Waals surface area contributed by atoms with Crippen molar-refractivity contribution in [2.75, 3.05) is 19.0 Å². The zero-order valence-electron chi connectivity index (χ0n) is 15.8. The molecule has 1 unspecified atom stereocenters. The Labute approximate surface area is 172 Å². The van der Waals surface area contributed by atoms with Gasteiger partial charge in [0.2, 0.25) is 5.91 Å². The van der Waals surface area contributed by atoms with Crippen molar-refractivity contribution in [1.29, 1.82) is 0 Å². The minimum Gasteiger partial charge on any atom is -0.481 e. The molecule has 3 rings (SSSR count). The molecule has 0 fully saturated rings. The van der Waals surface area contributed by atoms with Gasteiger partial charge in [-0.15, -0.1) is 0 Å². The molecule has 1 amide bonds. The number of anilines is 1. The number of nitrogens with zero attached hydrogens (tertiary/aromatic N) is 3. The molecule has 2 aromatic rings. The highest BCUT2D eigenvalue weighted by Gasteiger charge is 2.33. The Hall–Kier alpha value is -2.67. The average Bonchev–Trinajstić information content (AvgIpc) is 3.12. The highest BCUT2D eigenvalue weighted by molar-refractivity contribution is 9.10. The van der Waals surface area contributed by atoms with Gasteiger partial charge in [0.15, 0.2) is 0 Å². The summed E-state index contributed by atoms with van der Waals surface area (Å²) in [5.74, 6) is -1.27. The van der Waals surface area contributed by atoms with Crippen LogP contribution in [0.15, 0.2) is 58.1 Å². The Bertz CT molecular complexity index is 892. The van der Waals surface area contributed by atoms with Crippen LogP contribution in [0.3, 0.4) is 0 Å². The summed E-state index contributed by atoms with van der Waals surface area (Å²) in [4.78, 5) is 25.6. The van der Waals surface area contributed by atoms with E-state index in [0.717, 1.165) is 27.0 Å². The predicted molar refractivity (Wildman–Crippen MR) is 113 cm³/mol. The fraction of sp³-hybridized carbons (Fsp3) is 0.286. The first kappa shape index (κ1) is 20.1. The second-order valence-electron chi connectivity index (χ2n) is 6.89. The van der Waals surface area contributed by atoms with Gasteiger partial charge >= 0.3 is 5.97 Å². The summed E-state index contributed by atoms with van der Waals surface area (Å²) < 4.78 is 0.972. The molecule has 6 nitrogen and oxygen atoms in total. The van der Waals surface area contributed by atoms with Crippen molar-refractivity contribution in [2.45, 2.75) is 25.3 Å². The molecular formula is C21H22BrN3O3. The van der Waals surface area contributed by atoms with Gasteiger partial charge in [-0.25, -0.2) is 5.01 Å². The van der Waals surface area contributed by atoms with Crippen LogP contribution < -0.4 is 4.90 Å². The third-order valence-corrected chi connectivity index (χ3v) is 5.22. The van der Waals surface area contributed by atoms with Crippen molar-refractivity contribution in [3.63, 3.8) is 0 Å². The molecule has 0 saturated carbocycles. The van der Waals surface area contributed by atoms with Crippen LogP contribution >= 0.6 is 15.9 Å². The number of carboxylic acid groups (broad SMARTS) is 1. The van der Waals surface area contributed by atoms with Crippen LogP contribution in [0.5, 0.6) is 0 Å². The molecule has 0 spiro atoms. The molecule has 0 aromatic heterocycles. The molecule has 0 saturated heterocycles. The molecule has 2 aromatic carbocycles. The second-order valence-corrected chi connectivity index (χ2v) is 7.81. The summed E-state index contributed by atoms with van der Waals surface area (Å²) >= 11 is 3.43. The van der Waals surface area contributed by atoms with Crippen LogP contribution in [-0.2, 0) is 9.59 Å². The number of hydrazone groups is 1. The normalized spacial score (nSPS) is 16.0. The fourth-order valence-corrected chi connectivity index (χ4v) is 3.40. The number of carbonyl (C=O) groups excluding carboxylic acids is 1. The van der Waals surface area contributed by atoms with Gasteiger partial charge in [-0.2, -0.15) is 5.10 Å². The maximum absolute atomic E-state index is 12.7.